The van der Waals surface area contributed by atoms with Gasteiger partial charge in [0.25, 0.3) is 0 Å². The van der Waals surface area contributed by atoms with Gasteiger partial charge in [0.05, 0.1) is 0 Å². The molecule has 0 fully saturated rings. The van der Waals surface area contributed by atoms with Crippen LogP contribution in [0.25, 0.3) is 5.57 Å². The van der Waals surface area contributed by atoms with Crippen molar-refractivity contribution in [3.8, 4) is 0 Å². The molecular formula is C24H27Pt-. The van der Waals surface area contributed by atoms with Crippen molar-refractivity contribution in [3.05, 3.63) is 95.9 Å². The molecule has 25 heavy (non-hydrogen) atoms. The second kappa shape index (κ2) is 10.5. The Morgan fingerprint density at radius 1 is 0.960 bits per heavy atom. The fraction of sp³-hybridized carbons (Fsp3) is 0.292. The van der Waals surface area contributed by atoms with Crippen molar-refractivity contribution in [2.45, 2.75) is 44.9 Å². The fourth-order valence-electron chi connectivity index (χ4n) is 3.58. The smallest absolute Gasteiger partial charge is 0 e. The average Bonchev–Trinajstić information content (AvgIpc) is 2.62. The quantitative estimate of drug-likeness (QED) is 0.381. The number of hydrogen-bond donors (Lipinski definition) is 0. The van der Waals surface area contributed by atoms with Crippen LogP contribution in [-0.4, -0.2) is 0 Å². The summed E-state index contributed by atoms with van der Waals surface area (Å²) in [6, 6.07) is 21.9. The van der Waals surface area contributed by atoms with Gasteiger partial charge in [0.1, 0.15) is 0 Å². The van der Waals surface area contributed by atoms with Crippen LogP contribution in [0.15, 0.2) is 78.4 Å². The van der Waals surface area contributed by atoms with E-state index in [1.54, 1.807) is 5.57 Å². The maximum Gasteiger partial charge on any atom is 0 e. The Morgan fingerprint density at radius 2 is 1.64 bits per heavy atom. The Morgan fingerprint density at radius 3 is 2.32 bits per heavy atom. The van der Waals surface area contributed by atoms with Gasteiger partial charge in [-0.15, -0.1) is 0 Å². The summed E-state index contributed by atoms with van der Waals surface area (Å²) < 4.78 is 0. The number of allylic oxidation sites excluding steroid dienone is 4. The molecular weight excluding hydrogens is 483 g/mol. The molecule has 3 rings (SSSR count). The summed E-state index contributed by atoms with van der Waals surface area (Å²) in [7, 11) is 0. The van der Waals surface area contributed by atoms with E-state index >= 15 is 0 Å². The molecule has 1 aliphatic carbocycles. The SMILES string of the molecule is CCCC/C1=C(\c2ccccc2)C(c2ccccc2)[CH-]/C=C\CC1.[Pt]. The first-order valence-electron chi connectivity index (χ1n) is 9.22. The molecule has 1 atom stereocenters. The van der Waals surface area contributed by atoms with E-state index in [9.17, 15) is 0 Å². The van der Waals surface area contributed by atoms with Crippen LogP contribution >= 0.6 is 0 Å². The standard InChI is InChI=1S/C24H27.Pt/c1-2-3-13-21-16-11-6-12-19-23(20-14-7-4-8-15-20)24(21)22-17-9-5-10-18-22;/h4-10,12,14-15,17-19,23H,2-3,11,13,16H2,1H3;/q-1;/b12-6-,24-21-;. The van der Waals surface area contributed by atoms with Gasteiger partial charge in [0, 0.05) is 21.1 Å². The van der Waals surface area contributed by atoms with Gasteiger partial charge < -0.3 is 0 Å². The predicted octanol–water partition coefficient (Wildman–Crippen LogP) is 6.97. The number of unbranched alkanes of at least 4 members (excludes halogenated alkanes) is 1. The fourth-order valence-corrected chi connectivity index (χ4v) is 3.58. The number of hydrogen-bond acceptors (Lipinski definition) is 0. The van der Waals surface area contributed by atoms with E-state index in [-0.39, 0.29) is 21.1 Å². The third-order valence-corrected chi connectivity index (χ3v) is 4.82. The van der Waals surface area contributed by atoms with Crippen LogP contribution < -0.4 is 0 Å². The molecule has 0 nitrogen and oxygen atoms in total. The van der Waals surface area contributed by atoms with Crippen LogP contribution in [0, 0.1) is 6.42 Å². The van der Waals surface area contributed by atoms with Gasteiger partial charge in [-0.2, -0.15) is 0 Å². The van der Waals surface area contributed by atoms with E-state index in [2.05, 4.69) is 86.2 Å². The summed E-state index contributed by atoms with van der Waals surface area (Å²) in [5.41, 5.74) is 5.93. The molecule has 134 valence electrons. The predicted molar refractivity (Wildman–Crippen MR) is 105 cm³/mol. The molecule has 0 amide bonds. The normalized spacial score (nSPS) is 21.4. The molecule has 0 bridgehead atoms. The van der Waals surface area contributed by atoms with E-state index < -0.39 is 0 Å². The van der Waals surface area contributed by atoms with Crippen LogP contribution in [0.3, 0.4) is 0 Å². The monoisotopic (exact) mass is 510 g/mol. The summed E-state index contributed by atoms with van der Waals surface area (Å²) in [4.78, 5) is 0. The summed E-state index contributed by atoms with van der Waals surface area (Å²) in [6.07, 6.45) is 13.0. The van der Waals surface area contributed by atoms with Crippen LogP contribution in [0.4, 0.5) is 0 Å². The maximum atomic E-state index is 2.38. The molecule has 0 aliphatic heterocycles. The zero-order valence-electron chi connectivity index (χ0n) is 14.9. The molecule has 2 aromatic carbocycles. The third kappa shape index (κ3) is 5.22. The van der Waals surface area contributed by atoms with Gasteiger partial charge in [0.2, 0.25) is 0 Å². The van der Waals surface area contributed by atoms with Crippen molar-refractivity contribution in [1.29, 1.82) is 0 Å². The van der Waals surface area contributed by atoms with Crippen molar-refractivity contribution in [2.75, 3.05) is 0 Å². The van der Waals surface area contributed by atoms with Crippen molar-refractivity contribution >= 4 is 5.57 Å². The van der Waals surface area contributed by atoms with Gasteiger partial charge in [-0.05, 0) is 36.3 Å². The van der Waals surface area contributed by atoms with E-state index in [0.29, 0.717) is 5.92 Å². The van der Waals surface area contributed by atoms with Gasteiger partial charge in [-0.1, -0.05) is 91.6 Å². The van der Waals surface area contributed by atoms with Crippen LogP contribution in [-0.2, 0) is 21.1 Å². The Labute approximate surface area is 167 Å². The first-order chi connectivity index (χ1) is 11.9. The summed E-state index contributed by atoms with van der Waals surface area (Å²) >= 11 is 0. The van der Waals surface area contributed by atoms with Gasteiger partial charge >= 0.3 is 0 Å². The molecule has 0 saturated carbocycles. The van der Waals surface area contributed by atoms with Crippen LogP contribution in [0.2, 0.25) is 0 Å². The summed E-state index contributed by atoms with van der Waals surface area (Å²) in [6.45, 7) is 2.28. The van der Waals surface area contributed by atoms with Crippen molar-refractivity contribution in [1.82, 2.24) is 0 Å². The number of rotatable bonds is 5. The van der Waals surface area contributed by atoms with Crippen molar-refractivity contribution in [3.63, 3.8) is 0 Å². The second-order valence-corrected chi connectivity index (χ2v) is 6.53. The molecule has 0 heterocycles. The van der Waals surface area contributed by atoms with E-state index in [1.165, 1.54) is 42.4 Å². The van der Waals surface area contributed by atoms with Crippen LogP contribution in [0.5, 0.6) is 0 Å². The Balaban J connectivity index is 0.00000225. The minimum atomic E-state index is 0. The molecule has 0 aromatic heterocycles. The first kappa shape index (κ1) is 19.8. The molecule has 1 aliphatic rings. The molecule has 0 N–H and O–H groups in total. The van der Waals surface area contributed by atoms with Gasteiger partial charge in [-0.3, -0.25) is 0 Å². The molecule has 0 saturated heterocycles. The summed E-state index contributed by atoms with van der Waals surface area (Å²) in [5, 5.41) is 0. The Hall–Kier alpha value is -1.52. The Bertz CT molecular complexity index is 683. The van der Waals surface area contributed by atoms with Crippen molar-refractivity contribution in [2.24, 2.45) is 0 Å². The minimum Gasteiger partial charge on any atom is -0.231 e. The molecule has 0 radical (unpaired) electrons. The van der Waals surface area contributed by atoms with Gasteiger partial charge in [-0.25, -0.2) is 18.6 Å². The topological polar surface area (TPSA) is 0 Å². The zero-order chi connectivity index (χ0) is 16.6. The maximum absolute atomic E-state index is 2.38. The molecule has 2 aromatic rings. The van der Waals surface area contributed by atoms with Crippen molar-refractivity contribution < 1.29 is 21.1 Å². The summed E-state index contributed by atoms with van der Waals surface area (Å²) in [5.74, 6) is 0.344. The Kier molecular flexibility index (Phi) is 8.29. The molecule has 1 unspecified atom stereocenters. The number of benzene rings is 2. The molecule has 0 spiro atoms. The largest absolute Gasteiger partial charge is 0.231 e. The van der Waals surface area contributed by atoms with Gasteiger partial charge in [0.15, 0.2) is 0 Å². The first-order valence-corrected chi connectivity index (χ1v) is 9.22. The minimum absolute atomic E-state index is 0. The third-order valence-electron chi connectivity index (χ3n) is 4.82. The zero-order valence-corrected chi connectivity index (χ0v) is 17.2. The van der Waals surface area contributed by atoms with Crippen LogP contribution in [0.1, 0.15) is 56.1 Å². The molecule has 1 heteroatoms. The van der Waals surface area contributed by atoms with E-state index in [1.807, 2.05) is 0 Å². The van der Waals surface area contributed by atoms with E-state index in [4.69, 9.17) is 0 Å². The van der Waals surface area contributed by atoms with E-state index in [0.717, 1.165) is 6.42 Å². The average molecular weight is 511 g/mol. The second-order valence-electron chi connectivity index (χ2n) is 6.53.